The number of rotatable bonds is 1. The van der Waals surface area contributed by atoms with E-state index in [1.807, 2.05) is 13.8 Å². The second-order valence-corrected chi connectivity index (χ2v) is 7.73. The summed E-state index contributed by atoms with van der Waals surface area (Å²) in [6.07, 6.45) is -1.98. The van der Waals surface area contributed by atoms with E-state index in [0.717, 1.165) is 0 Å². The lowest BCUT2D eigenvalue weighted by molar-refractivity contribution is -0.160. The number of esters is 1. The molecule has 0 amide bonds. The van der Waals surface area contributed by atoms with Crippen LogP contribution in [0.25, 0.3) is 0 Å². The standard InChI is InChI=1S/C19H34O6/c1-6-14-8-16(21)12(4)18(23)11(3)7-10(2)15(20)9-17(22)13(5)19(24)25-14/h10-17,20-22H,6-9H2,1-5H3/t10-,11+,12+,13+,14+,15+,16-,17-/m0/s1. The molecule has 1 saturated heterocycles. The summed E-state index contributed by atoms with van der Waals surface area (Å²) in [6, 6.07) is 0. The van der Waals surface area contributed by atoms with Gasteiger partial charge in [0.25, 0.3) is 0 Å². The van der Waals surface area contributed by atoms with E-state index in [4.69, 9.17) is 4.74 Å². The maximum atomic E-state index is 12.6. The first-order valence-corrected chi connectivity index (χ1v) is 9.36. The summed E-state index contributed by atoms with van der Waals surface area (Å²) in [4.78, 5) is 24.8. The molecule has 6 nitrogen and oxygen atoms in total. The molecule has 0 saturated carbocycles. The fourth-order valence-electron chi connectivity index (χ4n) is 3.35. The Labute approximate surface area is 150 Å². The van der Waals surface area contributed by atoms with Crippen molar-refractivity contribution < 1.29 is 29.6 Å². The van der Waals surface area contributed by atoms with E-state index in [1.165, 1.54) is 0 Å². The monoisotopic (exact) mass is 358 g/mol. The van der Waals surface area contributed by atoms with Crippen LogP contribution in [0.3, 0.4) is 0 Å². The van der Waals surface area contributed by atoms with Gasteiger partial charge < -0.3 is 20.1 Å². The molecule has 0 radical (unpaired) electrons. The fraction of sp³-hybridized carbons (Fsp3) is 0.895. The zero-order valence-electron chi connectivity index (χ0n) is 16.0. The number of hydrogen-bond donors (Lipinski definition) is 3. The molecule has 0 aromatic heterocycles. The zero-order valence-corrected chi connectivity index (χ0v) is 16.0. The normalized spacial score (nSPS) is 42.6. The van der Waals surface area contributed by atoms with Gasteiger partial charge in [-0.05, 0) is 25.7 Å². The van der Waals surface area contributed by atoms with Gasteiger partial charge >= 0.3 is 5.97 Å². The highest BCUT2D eigenvalue weighted by atomic mass is 16.5. The van der Waals surface area contributed by atoms with Crippen molar-refractivity contribution in [2.75, 3.05) is 0 Å². The number of aliphatic hydroxyl groups is 3. The van der Waals surface area contributed by atoms with E-state index in [-0.39, 0.29) is 30.5 Å². The number of carbonyl (C=O) groups excluding carboxylic acids is 2. The summed E-state index contributed by atoms with van der Waals surface area (Å²) in [5.41, 5.74) is 0. The van der Waals surface area contributed by atoms with Gasteiger partial charge in [0, 0.05) is 24.7 Å². The first kappa shape index (κ1) is 22.1. The third kappa shape index (κ3) is 6.04. The molecule has 0 unspecified atom stereocenters. The highest BCUT2D eigenvalue weighted by molar-refractivity contribution is 5.83. The molecule has 1 aliphatic rings. The Morgan fingerprint density at radius 2 is 1.44 bits per heavy atom. The van der Waals surface area contributed by atoms with Crippen molar-refractivity contribution in [3.8, 4) is 0 Å². The smallest absolute Gasteiger partial charge is 0.311 e. The van der Waals surface area contributed by atoms with Crippen LogP contribution < -0.4 is 0 Å². The number of ether oxygens (including phenoxy) is 1. The molecule has 146 valence electrons. The van der Waals surface area contributed by atoms with Crippen LogP contribution in [0, 0.1) is 23.7 Å². The van der Waals surface area contributed by atoms with Crippen molar-refractivity contribution in [1.82, 2.24) is 0 Å². The number of carbonyl (C=O) groups is 2. The van der Waals surface area contributed by atoms with Gasteiger partial charge in [-0.25, -0.2) is 0 Å². The van der Waals surface area contributed by atoms with E-state index in [0.29, 0.717) is 12.8 Å². The average Bonchev–Trinajstić information content (AvgIpc) is 2.57. The van der Waals surface area contributed by atoms with E-state index in [1.54, 1.807) is 20.8 Å². The first-order valence-electron chi connectivity index (χ1n) is 9.36. The molecule has 1 fully saturated rings. The van der Waals surface area contributed by atoms with E-state index < -0.39 is 42.2 Å². The van der Waals surface area contributed by atoms with Gasteiger partial charge in [-0.2, -0.15) is 0 Å². The summed E-state index contributed by atoms with van der Waals surface area (Å²) in [6.45, 7) is 8.74. The Morgan fingerprint density at radius 3 is 2.00 bits per heavy atom. The van der Waals surface area contributed by atoms with Crippen LogP contribution >= 0.6 is 0 Å². The Bertz CT molecular complexity index is 451. The van der Waals surface area contributed by atoms with Crippen LogP contribution in [0.4, 0.5) is 0 Å². The average molecular weight is 358 g/mol. The molecule has 6 heteroatoms. The van der Waals surface area contributed by atoms with Gasteiger partial charge in [0.1, 0.15) is 11.9 Å². The third-order valence-electron chi connectivity index (χ3n) is 5.57. The minimum atomic E-state index is -1.01. The Kier molecular flexibility index (Phi) is 8.51. The Hall–Kier alpha value is -0.980. The molecule has 0 aliphatic carbocycles. The highest BCUT2D eigenvalue weighted by Gasteiger charge is 2.34. The molecule has 0 bridgehead atoms. The van der Waals surface area contributed by atoms with Crippen molar-refractivity contribution in [2.45, 2.75) is 84.7 Å². The Morgan fingerprint density at radius 1 is 0.880 bits per heavy atom. The SMILES string of the molecule is CC[C@@H]1C[C@H](O)[C@@H](C)C(=O)[C@H](C)C[C@H](C)[C@H](O)C[C@H](O)[C@@H](C)C(=O)O1. The maximum absolute atomic E-state index is 12.6. The molecular formula is C19H34O6. The lowest BCUT2D eigenvalue weighted by Crippen LogP contribution is -2.39. The van der Waals surface area contributed by atoms with E-state index in [9.17, 15) is 24.9 Å². The van der Waals surface area contributed by atoms with Gasteiger partial charge in [-0.3, -0.25) is 9.59 Å². The number of Topliss-reactive ketones (excluding diaryl/α,β-unsaturated/α-hetero) is 1. The first-order chi connectivity index (χ1) is 11.6. The minimum Gasteiger partial charge on any atom is -0.462 e. The van der Waals surface area contributed by atoms with Gasteiger partial charge in [0.05, 0.1) is 24.2 Å². The molecule has 25 heavy (non-hydrogen) atoms. The lowest BCUT2D eigenvalue weighted by atomic mass is 9.81. The minimum absolute atomic E-state index is 0.0568. The predicted molar refractivity (Wildman–Crippen MR) is 93.7 cm³/mol. The fourth-order valence-corrected chi connectivity index (χ4v) is 3.35. The molecule has 3 N–H and O–H groups in total. The van der Waals surface area contributed by atoms with Crippen LogP contribution in [-0.2, 0) is 14.3 Å². The number of aliphatic hydroxyl groups excluding tert-OH is 3. The molecule has 0 spiro atoms. The third-order valence-corrected chi connectivity index (χ3v) is 5.57. The van der Waals surface area contributed by atoms with Gasteiger partial charge in [-0.15, -0.1) is 0 Å². The summed E-state index contributed by atoms with van der Waals surface area (Å²) in [5, 5.41) is 30.9. The van der Waals surface area contributed by atoms with E-state index in [2.05, 4.69) is 0 Å². The predicted octanol–water partition coefficient (Wildman–Crippen LogP) is 1.69. The number of ketones is 1. The Balaban J connectivity index is 3.03. The van der Waals surface area contributed by atoms with Crippen molar-refractivity contribution in [1.29, 1.82) is 0 Å². The second kappa shape index (κ2) is 9.64. The number of cyclic esters (lactones) is 1. The highest BCUT2D eigenvalue weighted by Crippen LogP contribution is 2.26. The van der Waals surface area contributed by atoms with Gasteiger partial charge in [0.2, 0.25) is 0 Å². The molecule has 8 atom stereocenters. The summed E-state index contributed by atoms with van der Waals surface area (Å²) in [7, 11) is 0. The summed E-state index contributed by atoms with van der Waals surface area (Å²) < 4.78 is 5.42. The quantitative estimate of drug-likeness (QED) is 0.616. The lowest BCUT2D eigenvalue weighted by Gasteiger charge is -2.30. The molecule has 0 aromatic carbocycles. The largest absolute Gasteiger partial charge is 0.462 e. The van der Waals surface area contributed by atoms with Gasteiger partial charge in [0.15, 0.2) is 0 Å². The molecule has 1 rings (SSSR count). The maximum Gasteiger partial charge on any atom is 0.311 e. The molecule has 1 aliphatic heterocycles. The van der Waals surface area contributed by atoms with Crippen molar-refractivity contribution in [2.24, 2.45) is 23.7 Å². The summed E-state index contributed by atoms with van der Waals surface area (Å²) >= 11 is 0. The number of hydrogen-bond acceptors (Lipinski definition) is 6. The van der Waals surface area contributed by atoms with Crippen molar-refractivity contribution >= 4 is 11.8 Å². The van der Waals surface area contributed by atoms with Gasteiger partial charge in [-0.1, -0.05) is 27.7 Å². The molecular weight excluding hydrogens is 324 g/mol. The van der Waals surface area contributed by atoms with Crippen molar-refractivity contribution in [3.05, 3.63) is 0 Å². The topological polar surface area (TPSA) is 104 Å². The molecule has 0 aromatic rings. The van der Waals surface area contributed by atoms with Crippen LogP contribution in [0.5, 0.6) is 0 Å². The van der Waals surface area contributed by atoms with Crippen LogP contribution in [0.2, 0.25) is 0 Å². The zero-order chi connectivity index (χ0) is 19.3. The van der Waals surface area contributed by atoms with Crippen LogP contribution in [0.1, 0.15) is 60.3 Å². The van der Waals surface area contributed by atoms with Crippen molar-refractivity contribution in [3.63, 3.8) is 0 Å². The molecule has 1 heterocycles. The summed E-state index contributed by atoms with van der Waals surface area (Å²) in [5.74, 6) is -2.41. The second-order valence-electron chi connectivity index (χ2n) is 7.73. The van der Waals surface area contributed by atoms with Crippen LogP contribution in [-0.4, -0.2) is 51.5 Å². The van der Waals surface area contributed by atoms with E-state index >= 15 is 0 Å². The van der Waals surface area contributed by atoms with Crippen LogP contribution in [0.15, 0.2) is 0 Å².